The van der Waals surface area contributed by atoms with E-state index >= 15 is 0 Å². The molecule has 1 aliphatic rings. The van der Waals surface area contributed by atoms with Crippen LogP contribution in [-0.4, -0.2) is 37.6 Å². The molecular formula is C12H18N2O2S2. The highest BCUT2D eigenvalue weighted by atomic mass is 32.2. The molecule has 1 unspecified atom stereocenters. The molecule has 1 aliphatic heterocycles. The quantitative estimate of drug-likeness (QED) is 0.830. The Kier molecular flexibility index (Phi) is 4.19. The molecule has 18 heavy (non-hydrogen) atoms. The number of nitrogens with one attached hydrogen (secondary N) is 1. The molecule has 1 saturated heterocycles. The Labute approximate surface area is 114 Å². The second kappa shape index (κ2) is 5.50. The van der Waals surface area contributed by atoms with E-state index < -0.39 is 10.0 Å². The van der Waals surface area contributed by atoms with Crippen LogP contribution in [0.25, 0.3) is 0 Å². The third-order valence-electron chi connectivity index (χ3n) is 3.00. The van der Waals surface area contributed by atoms with Crippen LogP contribution in [0.2, 0.25) is 0 Å². The van der Waals surface area contributed by atoms with Crippen LogP contribution in [0, 0.1) is 0 Å². The Morgan fingerprint density at radius 2 is 2.06 bits per heavy atom. The summed E-state index contributed by atoms with van der Waals surface area (Å²) in [5.41, 5.74) is 0.935. The van der Waals surface area contributed by atoms with Crippen LogP contribution in [0.1, 0.15) is 13.3 Å². The van der Waals surface area contributed by atoms with Crippen molar-refractivity contribution in [3.63, 3.8) is 0 Å². The van der Waals surface area contributed by atoms with E-state index in [1.807, 2.05) is 6.92 Å². The van der Waals surface area contributed by atoms with Crippen LogP contribution < -0.4 is 5.32 Å². The molecule has 0 spiro atoms. The lowest BCUT2D eigenvalue weighted by Crippen LogP contribution is -2.29. The molecule has 0 radical (unpaired) electrons. The second-order valence-electron chi connectivity index (χ2n) is 4.36. The first-order valence-electron chi connectivity index (χ1n) is 6.06. The van der Waals surface area contributed by atoms with Crippen molar-refractivity contribution in [3.05, 3.63) is 24.3 Å². The van der Waals surface area contributed by atoms with Gasteiger partial charge in [-0.1, -0.05) is 0 Å². The van der Waals surface area contributed by atoms with Gasteiger partial charge in [-0.15, -0.1) is 0 Å². The van der Waals surface area contributed by atoms with Gasteiger partial charge in [0.1, 0.15) is 0 Å². The zero-order chi connectivity index (χ0) is 13.2. The Morgan fingerprint density at radius 3 is 2.56 bits per heavy atom. The average Bonchev–Trinajstić information content (AvgIpc) is 2.78. The van der Waals surface area contributed by atoms with Gasteiger partial charge < -0.3 is 5.32 Å². The summed E-state index contributed by atoms with van der Waals surface area (Å²) in [4.78, 5) is 0.353. The Hall–Kier alpha value is -0.720. The van der Waals surface area contributed by atoms with Crippen molar-refractivity contribution in [3.8, 4) is 0 Å². The number of sulfonamides is 1. The minimum atomic E-state index is -3.35. The van der Waals surface area contributed by atoms with Crippen LogP contribution >= 0.6 is 12.6 Å². The zero-order valence-electron chi connectivity index (χ0n) is 10.3. The van der Waals surface area contributed by atoms with Gasteiger partial charge in [0.15, 0.2) is 0 Å². The highest BCUT2D eigenvalue weighted by Crippen LogP contribution is 2.24. The summed E-state index contributed by atoms with van der Waals surface area (Å²) in [6, 6.07) is 6.90. The van der Waals surface area contributed by atoms with Crippen molar-refractivity contribution in [2.75, 3.05) is 25.0 Å². The number of benzene rings is 1. The van der Waals surface area contributed by atoms with E-state index in [2.05, 4.69) is 17.9 Å². The first-order valence-corrected chi connectivity index (χ1v) is 8.02. The molecule has 1 N–H and O–H groups in total. The summed E-state index contributed by atoms with van der Waals surface area (Å²) in [7, 11) is -3.35. The van der Waals surface area contributed by atoms with Crippen LogP contribution in [0.15, 0.2) is 29.2 Å². The summed E-state index contributed by atoms with van der Waals surface area (Å²) < 4.78 is 26.1. The van der Waals surface area contributed by atoms with Crippen molar-refractivity contribution >= 4 is 28.3 Å². The first-order chi connectivity index (χ1) is 8.54. The highest BCUT2D eigenvalue weighted by Gasteiger charge is 2.30. The maximum Gasteiger partial charge on any atom is 0.243 e. The van der Waals surface area contributed by atoms with E-state index in [4.69, 9.17) is 0 Å². The van der Waals surface area contributed by atoms with Crippen LogP contribution in [0.3, 0.4) is 0 Å². The van der Waals surface area contributed by atoms with Crippen LogP contribution in [0.4, 0.5) is 5.69 Å². The van der Waals surface area contributed by atoms with E-state index in [9.17, 15) is 8.42 Å². The maximum absolute atomic E-state index is 12.3. The minimum absolute atomic E-state index is 0.154. The van der Waals surface area contributed by atoms with Gasteiger partial charge >= 0.3 is 0 Å². The van der Waals surface area contributed by atoms with E-state index in [1.165, 1.54) is 4.31 Å². The topological polar surface area (TPSA) is 49.4 Å². The van der Waals surface area contributed by atoms with Crippen molar-refractivity contribution in [1.29, 1.82) is 0 Å². The molecule has 100 valence electrons. The largest absolute Gasteiger partial charge is 0.385 e. The minimum Gasteiger partial charge on any atom is -0.385 e. The maximum atomic E-state index is 12.3. The second-order valence-corrected chi connectivity index (χ2v) is 7.03. The molecule has 1 heterocycles. The Morgan fingerprint density at radius 1 is 1.39 bits per heavy atom. The summed E-state index contributed by atoms with van der Waals surface area (Å²) in [5, 5.41) is 3.30. The predicted octanol–water partition coefficient (Wildman–Crippen LogP) is 1.81. The molecular weight excluding hydrogens is 268 g/mol. The third kappa shape index (κ3) is 2.81. The molecule has 1 fully saturated rings. The molecule has 0 aliphatic carbocycles. The van der Waals surface area contributed by atoms with Crippen molar-refractivity contribution < 1.29 is 8.42 Å². The number of thiol groups is 1. The summed E-state index contributed by atoms with van der Waals surface area (Å²) >= 11 is 4.32. The fraction of sp³-hybridized carbons (Fsp3) is 0.500. The molecule has 0 amide bonds. The average molecular weight is 286 g/mol. The van der Waals surface area contributed by atoms with Crippen LogP contribution in [-0.2, 0) is 10.0 Å². The summed E-state index contributed by atoms with van der Waals surface area (Å²) in [5.74, 6) is 0. The zero-order valence-corrected chi connectivity index (χ0v) is 12.0. The molecule has 1 atom stereocenters. The summed E-state index contributed by atoms with van der Waals surface area (Å²) in [6.45, 7) is 3.88. The number of hydrogen-bond donors (Lipinski definition) is 2. The molecule has 4 nitrogen and oxygen atoms in total. The monoisotopic (exact) mass is 286 g/mol. The SMILES string of the molecule is CCNc1ccc(S(=O)(=O)N2CCC(S)C2)cc1. The molecule has 0 bridgehead atoms. The van der Waals surface area contributed by atoms with E-state index in [-0.39, 0.29) is 5.25 Å². The number of rotatable bonds is 4. The third-order valence-corrected chi connectivity index (χ3v) is 5.30. The van der Waals surface area contributed by atoms with Crippen molar-refractivity contribution in [2.24, 2.45) is 0 Å². The number of hydrogen-bond acceptors (Lipinski definition) is 4. The molecule has 2 rings (SSSR count). The molecule has 1 aromatic carbocycles. The van der Waals surface area contributed by atoms with Crippen molar-refractivity contribution in [1.82, 2.24) is 4.31 Å². The van der Waals surface area contributed by atoms with Gasteiger partial charge in [-0.3, -0.25) is 0 Å². The highest BCUT2D eigenvalue weighted by molar-refractivity contribution is 7.89. The van der Waals surface area contributed by atoms with E-state index in [0.717, 1.165) is 18.7 Å². The smallest absolute Gasteiger partial charge is 0.243 e. The van der Waals surface area contributed by atoms with Gasteiger partial charge in [0.2, 0.25) is 10.0 Å². The summed E-state index contributed by atoms with van der Waals surface area (Å²) in [6.07, 6.45) is 0.817. The van der Waals surface area contributed by atoms with Crippen LogP contribution in [0.5, 0.6) is 0 Å². The fourth-order valence-electron chi connectivity index (χ4n) is 2.03. The molecule has 6 heteroatoms. The molecule has 1 aromatic rings. The van der Waals surface area contributed by atoms with Crippen molar-refractivity contribution in [2.45, 2.75) is 23.5 Å². The van der Waals surface area contributed by atoms with E-state index in [0.29, 0.717) is 18.0 Å². The van der Waals surface area contributed by atoms with Gasteiger partial charge in [-0.05, 0) is 37.6 Å². The fourth-order valence-corrected chi connectivity index (χ4v) is 3.95. The first kappa shape index (κ1) is 13.7. The van der Waals surface area contributed by atoms with Gasteiger partial charge in [-0.2, -0.15) is 16.9 Å². The number of nitrogens with zero attached hydrogens (tertiary/aromatic N) is 1. The van der Waals surface area contributed by atoms with Gasteiger partial charge in [0.25, 0.3) is 0 Å². The lowest BCUT2D eigenvalue weighted by molar-refractivity contribution is 0.478. The van der Waals surface area contributed by atoms with Gasteiger partial charge in [0, 0.05) is 30.6 Å². The lowest BCUT2D eigenvalue weighted by Gasteiger charge is -2.16. The van der Waals surface area contributed by atoms with Gasteiger partial charge in [0.05, 0.1) is 4.90 Å². The normalized spacial score (nSPS) is 21.1. The van der Waals surface area contributed by atoms with E-state index in [1.54, 1.807) is 24.3 Å². The standard InChI is InChI=1S/C12H18N2O2S2/c1-2-13-10-3-5-12(6-4-10)18(15,16)14-8-7-11(17)9-14/h3-6,11,13,17H,2,7-9H2,1H3. The lowest BCUT2D eigenvalue weighted by atomic mass is 10.3. The van der Waals surface area contributed by atoms with Gasteiger partial charge in [-0.25, -0.2) is 8.42 Å². The number of anilines is 1. The molecule has 0 aromatic heterocycles. The predicted molar refractivity (Wildman–Crippen MR) is 76.8 cm³/mol. The Bertz CT molecular complexity index is 499. The Balaban J connectivity index is 2.19. The molecule has 0 saturated carbocycles.